The third-order valence-corrected chi connectivity index (χ3v) is 4.88. The number of carbonyl (C=O) groups excluding carboxylic acids is 2. The quantitative estimate of drug-likeness (QED) is 0.888. The van der Waals surface area contributed by atoms with Gasteiger partial charge in [0.15, 0.2) is 0 Å². The number of carbonyl (C=O) groups is 2. The van der Waals surface area contributed by atoms with Gasteiger partial charge in [-0.15, -0.1) is 0 Å². The molecule has 138 valence electrons. The Kier molecular flexibility index (Phi) is 5.27. The molecule has 0 radical (unpaired) electrons. The maximum absolute atomic E-state index is 14.2. The fraction of sp³-hybridized carbons (Fsp3) is 0.389. The van der Waals surface area contributed by atoms with Crippen molar-refractivity contribution in [2.75, 3.05) is 13.1 Å². The molecule has 0 bridgehead atoms. The average Bonchev–Trinajstić information content (AvgIpc) is 2.96. The lowest BCUT2D eigenvalue weighted by atomic mass is 10.0. The topological polar surface area (TPSA) is 75.4 Å². The number of hydrogen-bond donors (Lipinski definition) is 1. The lowest BCUT2D eigenvalue weighted by Crippen LogP contribution is -2.46. The van der Waals surface area contributed by atoms with Crippen molar-refractivity contribution < 1.29 is 18.5 Å². The standard InChI is InChI=1S/C18H19ClFN3O3/c1-10-15(17(22-26-10)16-13(19)4-3-5-14(16)20)18(25)21-12-6-8-23(9-7-12)11(2)24/h3-5,12H,6-9H2,1-2H3,(H,21,25). The lowest BCUT2D eigenvalue weighted by molar-refractivity contribution is -0.129. The van der Waals surface area contributed by atoms with Gasteiger partial charge in [-0.05, 0) is 31.9 Å². The summed E-state index contributed by atoms with van der Waals surface area (Å²) in [6.07, 6.45) is 1.32. The second-order valence-corrected chi connectivity index (χ2v) is 6.72. The van der Waals surface area contributed by atoms with Crippen LogP contribution >= 0.6 is 11.6 Å². The highest BCUT2D eigenvalue weighted by Crippen LogP contribution is 2.33. The minimum atomic E-state index is -0.574. The van der Waals surface area contributed by atoms with E-state index in [2.05, 4.69) is 10.5 Å². The van der Waals surface area contributed by atoms with Gasteiger partial charge in [0, 0.05) is 26.1 Å². The van der Waals surface area contributed by atoms with Gasteiger partial charge in [-0.2, -0.15) is 0 Å². The van der Waals surface area contributed by atoms with Gasteiger partial charge < -0.3 is 14.7 Å². The van der Waals surface area contributed by atoms with Crippen LogP contribution in [0.5, 0.6) is 0 Å². The molecule has 0 unspecified atom stereocenters. The van der Waals surface area contributed by atoms with Gasteiger partial charge in [-0.1, -0.05) is 22.8 Å². The Morgan fingerprint density at radius 1 is 1.35 bits per heavy atom. The third kappa shape index (κ3) is 3.58. The average molecular weight is 380 g/mol. The normalized spacial score (nSPS) is 15.2. The summed E-state index contributed by atoms with van der Waals surface area (Å²) in [5.41, 5.74) is 0.304. The summed E-state index contributed by atoms with van der Waals surface area (Å²) in [6.45, 7) is 4.31. The van der Waals surface area contributed by atoms with Gasteiger partial charge in [0.05, 0.1) is 10.6 Å². The van der Waals surface area contributed by atoms with Crippen LogP contribution < -0.4 is 5.32 Å². The Morgan fingerprint density at radius 2 is 2.04 bits per heavy atom. The fourth-order valence-electron chi connectivity index (χ4n) is 3.13. The van der Waals surface area contributed by atoms with Gasteiger partial charge in [0.1, 0.15) is 22.8 Å². The van der Waals surface area contributed by atoms with Crippen molar-refractivity contribution in [2.24, 2.45) is 0 Å². The second-order valence-electron chi connectivity index (χ2n) is 6.31. The number of amides is 2. The number of benzene rings is 1. The van der Waals surface area contributed by atoms with Crippen LogP contribution in [0.15, 0.2) is 22.7 Å². The van der Waals surface area contributed by atoms with E-state index in [0.29, 0.717) is 25.9 Å². The summed E-state index contributed by atoms with van der Waals surface area (Å²) in [4.78, 5) is 25.9. The minimum absolute atomic E-state index is 0.0288. The van der Waals surface area contributed by atoms with Crippen LogP contribution in [-0.2, 0) is 4.79 Å². The minimum Gasteiger partial charge on any atom is -0.360 e. The fourth-order valence-corrected chi connectivity index (χ4v) is 3.38. The van der Waals surface area contributed by atoms with Crippen molar-refractivity contribution in [3.63, 3.8) is 0 Å². The first-order valence-corrected chi connectivity index (χ1v) is 8.73. The Morgan fingerprint density at radius 3 is 2.65 bits per heavy atom. The zero-order chi connectivity index (χ0) is 18.8. The molecule has 0 saturated carbocycles. The Labute approximate surface area is 155 Å². The number of piperidine rings is 1. The van der Waals surface area contributed by atoms with E-state index in [4.69, 9.17) is 16.1 Å². The maximum Gasteiger partial charge on any atom is 0.257 e. The molecule has 6 nitrogen and oxygen atoms in total. The molecular formula is C18H19ClFN3O3. The molecule has 26 heavy (non-hydrogen) atoms. The van der Waals surface area contributed by atoms with E-state index in [-0.39, 0.29) is 45.5 Å². The lowest BCUT2D eigenvalue weighted by Gasteiger charge is -2.31. The monoisotopic (exact) mass is 379 g/mol. The van der Waals surface area contributed by atoms with Crippen LogP contribution in [0.2, 0.25) is 5.02 Å². The van der Waals surface area contributed by atoms with Crippen molar-refractivity contribution >= 4 is 23.4 Å². The first kappa shape index (κ1) is 18.4. The molecule has 1 aromatic heterocycles. The van der Waals surface area contributed by atoms with E-state index in [1.165, 1.54) is 25.1 Å². The smallest absolute Gasteiger partial charge is 0.257 e. The van der Waals surface area contributed by atoms with Crippen molar-refractivity contribution in [3.8, 4) is 11.3 Å². The van der Waals surface area contributed by atoms with Crippen LogP contribution in [0.3, 0.4) is 0 Å². The molecule has 1 saturated heterocycles. The zero-order valence-electron chi connectivity index (χ0n) is 14.5. The molecule has 2 aromatic rings. The third-order valence-electron chi connectivity index (χ3n) is 4.56. The summed E-state index contributed by atoms with van der Waals surface area (Å²) in [6, 6.07) is 4.20. The number of likely N-dealkylation sites (tertiary alicyclic amines) is 1. The molecule has 0 aliphatic carbocycles. The number of nitrogens with one attached hydrogen (secondary N) is 1. The Balaban J connectivity index is 1.81. The van der Waals surface area contributed by atoms with Crippen LogP contribution in [0.1, 0.15) is 35.9 Å². The summed E-state index contributed by atoms with van der Waals surface area (Å²) in [5, 5.41) is 6.93. The van der Waals surface area contributed by atoms with Crippen LogP contribution in [0, 0.1) is 12.7 Å². The molecular weight excluding hydrogens is 361 g/mol. The molecule has 0 atom stereocenters. The van der Waals surface area contributed by atoms with E-state index >= 15 is 0 Å². The van der Waals surface area contributed by atoms with Gasteiger partial charge in [0.25, 0.3) is 5.91 Å². The molecule has 1 aliphatic heterocycles. The number of rotatable bonds is 3. The van der Waals surface area contributed by atoms with Gasteiger partial charge in [0.2, 0.25) is 5.91 Å². The molecule has 1 N–H and O–H groups in total. The first-order valence-electron chi connectivity index (χ1n) is 8.35. The van der Waals surface area contributed by atoms with Crippen LogP contribution in [0.4, 0.5) is 4.39 Å². The largest absolute Gasteiger partial charge is 0.360 e. The molecule has 1 fully saturated rings. The predicted octanol–water partition coefficient (Wildman–Crippen LogP) is 3.18. The van der Waals surface area contributed by atoms with E-state index in [9.17, 15) is 14.0 Å². The van der Waals surface area contributed by atoms with E-state index in [1.807, 2.05) is 0 Å². The summed E-state index contributed by atoms with van der Waals surface area (Å²) < 4.78 is 19.4. The number of nitrogens with zero attached hydrogens (tertiary/aromatic N) is 2. The molecule has 1 aliphatic rings. The summed E-state index contributed by atoms with van der Waals surface area (Å²) >= 11 is 6.10. The predicted molar refractivity (Wildman–Crippen MR) is 94.4 cm³/mol. The zero-order valence-corrected chi connectivity index (χ0v) is 15.3. The first-order chi connectivity index (χ1) is 12.4. The van der Waals surface area contributed by atoms with Crippen LogP contribution in [-0.4, -0.2) is 41.0 Å². The molecule has 2 amide bonds. The second kappa shape index (κ2) is 7.45. The van der Waals surface area contributed by atoms with Gasteiger partial charge in [-0.25, -0.2) is 4.39 Å². The Hall–Kier alpha value is -2.41. The molecule has 2 heterocycles. The molecule has 8 heteroatoms. The van der Waals surface area contributed by atoms with Crippen molar-refractivity contribution in [1.29, 1.82) is 0 Å². The summed E-state index contributed by atoms with van der Waals surface area (Å²) in [5.74, 6) is -0.645. The van der Waals surface area contributed by atoms with Gasteiger partial charge >= 0.3 is 0 Å². The van der Waals surface area contributed by atoms with E-state index in [0.717, 1.165) is 0 Å². The molecule has 3 rings (SSSR count). The van der Waals surface area contributed by atoms with Crippen LogP contribution in [0.25, 0.3) is 11.3 Å². The van der Waals surface area contributed by atoms with E-state index in [1.54, 1.807) is 11.8 Å². The van der Waals surface area contributed by atoms with Crippen molar-refractivity contribution in [3.05, 3.63) is 40.4 Å². The van der Waals surface area contributed by atoms with Gasteiger partial charge in [-0.3, -0.25) is 9.59 Å². The molecule has 0 spiro atoms. The summed E-state index contributed by atoms with van der Waals surface area (Å²) in [7, 11) is 0. The number of aromatic nitrogens is 1. The molecule has 1 aromatic carbocycles. The van der Waals surface area contributed by atoms with Crippen molar-refractivity contribution in [2.45, 2.75) is 32.7 Å². The highest BCUT2D eigenvalue weighted by Gasteiger charge is 2.28. The Bertz CT molecular complexity index is 824. The maximum atomic E-state index is 14.2. The van der Waals surface area contributed by atoms with Crippen molar-refractivity contribution in [1.82, 2.24) is 15.4 Å². The number of halogens is 2. The number of hydrogen-bond acceptors (Lipinski definition) is 4. The van der Waals surface area contributed by atoms with E-state index < -0.39 is 5.82 Å². The highest BCUT2D eigenvalue weighted by molar-refractivity contribution is 6.33. The SMILES string of the molecule is CC(=O)N1CCC(NC(=O)c2c(-c3c(F)cccc3Cl)noc2C)CC1. The highest BCUT2D eigenvalue weighted by atomic mass is 35.5. The number of aryl methyl sites for hydroxylation is 1.